The minimum absolute atomic E-state index is 0.000185. The first-order valence-electron chi connectivity index (χ1n) is 6.61. The van der Waals surface area contributed by atoms with Gasteiger partial charge in [0.05, 0.1) is 11.4 Å². The topological polar surface area (TPSA) is 43.9 Å². The Labute approximate surface area is 122 Å². The summed E-state index contributed by atoms with van der Waals surface area (Å²) < 4.78 is 7.78. The Kier molecular flexibility index (Phi) is 3.26. The first-order chi connectivity index (χ1) is 9.58. The van der Waals surface area contributed by atoms with Crippen molar-refractivity contribution in [3.63, 3.8) is 0 Å². The van der Waals surface area contributed by atoms with Gasteiger partial charge in [0.15, 0.2) is 5.65 Å². The van der Waals surface area contributed by atoms with Gasteiger partial charge in [-0.05, 0) is 45.0 Å². The van der Waals surface area contributed by atoms with E-state index in [-0.39, 0.29) is 11.4 Å². The summed E-state index contributed by atoms with van der Waals surface area (Å²) in [6.07, 6.45) is 1.77. The van der Waals surface area contributed by atoms with Crippen molar-refractivity contribution in [2.45, 2.75) is 32.2 Å². The van der Waals surface area contributed by atoms with Crippen LogP contribution < -0.4 is 0 Å². The molecular weight excluding hydrogens is 274 g/mol. The van der Waals surface area contributed by atoms with Gasteiger partial charge in [-0.1, -0.05) is 0 Å². The molecule has 20 heavy (non-hydrogen) atoms. The largest absolute Gasteiger partial charge is 0.464 e. The fraction of sp³-hybridized carbons (Fsp3) is 0.333. The lowest BCUT2D eigenvalue weighted by atomic mass is 10.2. The second-order valence-corrected chi connectivity index (χ2v) is 5.58. The summed E-state index contributed by atoms with van der Waals surface area (Å²) in [5.41, 5.74) is 1.68. The van der Waals surface area contributed by atoms with E-state index in [1.165, 1.54) is 0 Å². The molecule has 0 amide bonds. The predicted octanol–water partition coefficient (Wildman–Crippen LogP) is 4.24. The Hall–Kier alpha value is -1.81. The summed E-state index contributed by atoms with van der Waals surface area (Å²) in [5, 5.41) is -0.192. The van der Waals surface area contributed by atoms with Crippen molar-refractivity contribution >= 4 is 22.8 Å². The molecule has 3 aromatic heterocycles. The van der Waals surface area contributed by atoms with Crippen molar-refractivity contribution in [1.82, 2.24) is 14.5 Å². The highest BCUT2D eigenvalue weighted by Crippen LogP contribution is 2.30. The number of rotatable bonds is 3. The molecule has 0 aliphatic carbocycles. The molecule has 0 N–H and O–H groups in total. The van der Waals surface area contributed by atoms with Crippen molar-refractivity contribution in [2.24, 2.45) is 0 Å². The first-order valence-corrected chi connectivity index (χ1v) is 7.05. The van der Waals surface area contributed by atoms with Crippen LogP contribution in [0.4, 0.5) is 0 Å². The van der Waals surface area contributed by atoms with E-state index in [0.717, 1.165) is 28.5 Å². The number of aromatic nitrogens is 3. The molecule has 0 aliphatic heterocycles. The summed E-state index contributed by atoms with van der Waals surface area (Å²) >= 11 is 6.27. The maximum atomic E-state index is 6.27. The van der Waals surface area contributed by atoms with Crippen LogP contribution in [0.3, 0.4) is 0 Å². The van der Waals surface area contributed by atoms with Crippen LogP contribution in [-0.4, -0.2) is 14.5 Å². The summed E-state index contributed by atoms with van der Waals surface area (Å²) in [4.78, 5) is 9.03. The van der Waals surface area contributed by atoms with Crippen molar-refractivity contribution in [2.75, 3.05) is 0 Å². The van der Waals surface area contributed by atoms with Gasteiger partial charge in [0.1, 0.15) is 22.9 Å². The summed E-state index contributed by atoms with van der Waals surface area (Å²) in [5.74, 6) is 2.58. The van der Waals surface area contributed by atoms with Gasteiger partial charge < -0.3 is 8.98 Å². The van der Waals surface area contributed by atoms with Crippen LogP contribution in [0.5, 0.6) is 0 Å². The smallest absolute Gasteiger partial charge is 0.160 e. The minimum atomic E-state index is -0.192. The van der Waals surface area contributed by atoms with E-state index < -0.39 is 0 Å². The van der Waals surface area contributed by atoms with Gasteiger partial charge >= 0.3 is 0 Å². The monoisotopic (exact) mass is 289 g/mol. The number of hydrogen-bond donors (Lipinski definition) is 0. The van der Waals surface area contributed by atoms with Gasteiger partial charge in [0.2, 0.25) is 0 Å². The van der Waals surface area contributed by atoms with E-state index in [0.29, 0.717) is 0 Å². The molecule has 4 nitrogen and oxygen atoms in total. The molecule has 2 atom stereocenters. The standard InChI is InChI=1S/C15H16ClN3O/c1-9-6-7-13(20-9)11(3)19-14(10(2)16)18-12-5-4-8-17-15(12)19/h4-8,10-11H,1-3H3. The second kappa shape index (κ2) is 4.94. The van der Waals surface area contributed by atoms with Crippen molar-refractivity contribution in [1.29, 1.82) is 0 Å². The number of fused-ring (bicyclic) bond motifs is 1. The highest BCUT2D eigenvalue weighted by molar-refractivity contribution is 6.20. The Morgan fingerprint density at radius 3 is 2.70 bits per heavy atom. The van der Waals surface area contributed by atoms with E-state index >= 15 is 0 Å². The number of furan rings is 1. The number of alkyl halides is 1. The zero-order valence-corrected chi connectivity index (χ0v) is 12.4. The van der Waals surface area contributed by atoms with Crippen LogP contribution in [0, 0.1) is 6.92 Å². The number of halogens is 1. The summed E-state index contributed by atoms with van der Waals surface area (Å²) in [7, 11) is 0. The van der Waals surface area contributed by atoms with E-state index in [2.05, 4.69) is 16.9 Å². The van der Waals surface area contributed by atoms with Crippen LogP contribution in [0.25, 0.3) is 11.2 Å². The lowest BCUT2D eigenvalue weighted by Crippen LogP contribution is -2.11. The molecule has 2 unspecified atom stereocenters. The Balaban J connectivity index is 2.20. The van der Waals surface area contributed by atoms with Gasteiger partial charge in [-0.3, -0.25) is 0 Å². The van der Waals surface area contributed by atoms with Gasteiger partial charge in [0, 0.05) is 6.20 Å². The van der Waals surface area contributed by atoms with Crippen LogP contribution in [0.1, 0.15) is 42.6 Å². The second-order valence-electron chi connectivity index (χ2n) is 4.93. The third kappa shape index (κ3) is 2.10. The Morgan fingerprint density at radius 1 is 1.25 bits per heavy atom. The SMILES string of the molecule is Cc1ccc(C(C)n2c(C(C)Cl)nc3cccnc32)o1. The first kappa shape index (κ1) is 13.2. The number of pyridine rings is 1. The van der Waals surface area contributed by atoms with Crippen LogP contribution in [0.2, 0.25) is 0 Å². The highest BCUT2D eigenvalue weighted by atomic mass is 35.5. The molecule has 0 bridgehead atoms. The lowest BCUT2D eigenvalue weighted by molar-refractivity contribution is 0.427. The van der Waals surface area contributed by atoms with Gasteiger partial charge in [-0.2, -0.15) is 0 Å². The van der Waals surface area contributed by atoms with Crippen molar-refractivity contribution < 1.29 is 4.42 Å². The fourth-order valence-corrected chi connectivity index (χ4v) is 2.57. The van der Waals surface area contributed by atoms with E-state index in [4.69, 9.17) is 16.0 Å². The molecule has 0 aromatic carbocycles. The number of nitrogens with zero attached hydrogens (tertiary/aromatic N) is 3. The third-order valence-electron chi connectivity index (χ3n) is 3.39. The average molecular weight is 290 g/mol. The van der Waals surface area contributed by atoms with Gasteiger partial charge in [0.25, 0.3) is 0 Å². The van der Waals surface area contributed by atoms with Crippen LogP contribution in [-0.2, 0) is 0 Å². The lowest BCUT2D eigenvalue weighted by Gasteiger charge is -2.16. The molecule has 104 valence electrons. The van der Waals surface area contributed by atoms with E-state index in [1.807, 2.05) is 42.7 Å². The van der Waals surface area contributed by atoms with Gasteiger partial charge in [-0.15, -0.1) is 11.6 Å². The third-order valence-corrected chi connectivity index (χ3v) is 3.59. The molecule has 3 rings (SSSR count). The Morgan fingerprint density at radius 2 is 2.05 bits per heavy atom. The molecular formula is C15H16ClN3O. The van der Waals surface area contributed by atoms with Crippen LogP contribution in [0.15, 0.2) is 34.9 Å². The number of hydrogen-bond acceptors (Lipinski definition) is 3. The average Bonchev–Trinajstić information content (AvgIpc) is 3.01. The molecule has 3 heterocycles. The van der Waals surface area contributed by atoms with Crippen molar-refractivity contribution in [3.8, 4) is 0 Å². The molecule has 0 saturated carbocycles. The fourth-order valence-electron chi connectivity index (χ4n) is 2.41. The van der Waals surface area contributed by atoms with E-state index in [1.54, 1.807) is 6.20 Å². The number of imidazole rings is 1. The zero-order chi connectivity index (χ0) is 14.3. The number of aryl methyl sites for hydroxylation is 1. The maximum absolute atomic E-state index is 6.27. The normalized spacial score (nSPS) is 14.6. The zero-order valence-electron chi connectivity index (χ0n) is 11.7. The summed E-state index contributed by atoms with van der Waals surface area (Å²) in [6, 6.07) is 7.77. The molecule has 0 spiro atoms. The van der Waals surface area contributed by atoms with Crippen molar-refractivity contribution in [3.05, 3.63) is 47.8 Å². The van der Waals surface area contributed by atoms with Crippen LogP contribution >= 0.6 is 11.6 Å². The minimum Gasteiger partial charge on any atom is -0.464 e. The molecule has 0 saturated heterocycles. The molecule has 3 aromatic rings. The molecule has 5 heteroatoms. The molecule has 0 fully saturated rings. The van der Waals surface area contributed by atoms with Gasteiger partial charge in [-0.25, -0.2) is 9.97 Å². The predicted molar refractivity (Wildman–Crippen MR) is 79.1 cm³/mol. The quantitative estimate of drug-likeness (QED) is 0.677. The maximum Gasteiger partial charge on any atom is 0.160 e. The summed E-state index contributed by atoms with van der Waals surface area (Å²) in [6.45, 7) is 5.92. The van der Waals surface area contributed by atoms with E-state index in [9.17, 15) is 0 Å². The molecule has 0 radical (unpaired) electrons. The highest BCUT2D eigenvalue weighted by Gasteiger charge is 2.22. The molecule has 0 aliphatic rings. The Bertz CT molecular complexity index is 744.